The third-order valence-electron chi connectivity index (χ3n) is 3.92. The van der Waals surface area contributed by atoms with Crippen LogP contribution >= 0.6 is 22.9 Å². The molecular weight excluding hydrogens is 384 g/mol. The van der Waals surface area contributed by atoms with Crippen molar-refractivity contribution in [2.75, 3.05) is 19.5 Å². The van der Waals surface area contributed by atoms with E-state index in [1.807, 2.05) is 42.6 Å². The molecule has 0 saturated heterocycles. The predicted octanol–water partition coefficient (Wildman–Crippen LogP) is 4.97. The van der Waals surface area contributed by atoms with E-state index in [1.54, 1.807) is 20.3 Å². The Kier molecular flexibility index (Phi) is 5.98. The van der Waals surface area contributed by atoms with Crippen molar-refractivity contribution in [3.63, 3.8) is 0 Å². The van der Waals surface area contributed by atoms with Crippen molar-refractivity contribution >= 4 is 34.5 Å². The topological polar surface area (TPSA) is 60.5 Å². The van der Waals surface area contributed by atoms with Crippen LogP contribution in [-0.4, -0.2) is 25.1 Å². The SMILES string of the molecule is COc1ccc(-c2nc(CC(=O)Nc3ccc(C)cc3Cl)cs2)cc1OC. The number of methoxy groups -OCH3 is 2. The summed E-state index contributed by atoms with van der Waals surface area (Å²) in [6.07, 6.45) is 0.175. The summed E-state index contributed by atoms with van der Waals surface area (Å²) in [4.78, 5) is 16.9. The minimum absolute atomic E-state index is 0.162. The van der Waals surface area contributed by atoms with Gasteiger partial charge in [0.2, 0.25) is 5.91 Å². The van der Waals surface area contributed by atoms with Crippen LogP contribution in [0.25, 0.3) is 10.6 Å². The summed E-state index contributed by atoms with van der Waals surface area (Å²) < 4.78 is 10.6. The lowest BCUT2D eigenvalue weighted by atomic mass is 10.2. The van der Waals surface area contributed by atoms with E-state index in [0.29, 0.717) is 27.9 Å². The molecule has 3 rings (SSSR count). The first-order chi connectivity index (χ1) is 13.0. The van der Waals surface area contributed by atoms with Crippen LogP contribution in [0.15, 0.2) is 41.8 Å². The van der Waals surface area contributed by atoms with E-state index in [2.05, 4.69) is 10.3 Å². The number of anilines is 1. The summed E-state index contributed by atoms with van der Waals surface area (Å²) >= 11 is 7.64. The first-order valence-electron chi connectivity index (χ1n) is 8.23. The summed E-state index contributed by atoms with van der Waals surface area (Å²) in [5.41, 5.74) is 3.25. The number of thiazole rings is 1. The average Bonchev–Trinajstić information content (AvgIpc) is 3.11. The fourth-order valence-corrected chi connectivity index (χ4v) is 3.67. The highest BCUT2D eigenvalue weighted by molar-refractivity contribution is 7.13. The van der Waals surface area contributed by atoms with E-state index in [9.17, 15) is 4.79 Å². The molecule has 0 aliphatic rings. The van der Waals surface area contributed by atoms with Crippen LogP contribution in [0.3, 0.4) is 0 Å². The van der Waals surface area contributed by atoms with Gasteiger partial charge >= 0.3 is 0 Å². The van der Waals surface area contributed by atoms with Crippen molar-refractivity contribution in [3.05, 3.63) is 58.1 Å². The lowest BCUT2D eigenvalue weighted by Crippen LogP contribution is -2.14. The van der Waals surface area contributed by atoms with Crippen molar-refractivity contribution in [2.45, 2.75) is 13.3 Å². The van der Waals surface area contributed by atoms with Crippen molar-refractivity contribution < 1.29 is 14.3 Å². The van der Waals surface area contributed by atoms with Crippen LogP contribution in [0, 0.1) is 6.92 Å². The molecule has 0 bridgehead atoms. The number of benzene rings is 2. The van der Waals surface area contributed by atoms with E-state index in [4.69, 9.17) is 21.1 Å². The zero-order valence-corrected chi connectivity index (χ0v) is 16.8. The van der Waals surface area contributed by atoms with Crippen LogP contribution in [0.4, 0.5) is 5.69 Å². The maximum absolute atomic E-state index is 12.3. The van der Waals surface area contributed by atoms with Crippen molar-refractivity contribution in [1.82, 2.24) is 4.98 Å². The molecule has 1 amide bonds. The normalized spacial score (nSPS) is 10.5. The average molecular weight is 403 g/mol. The Morgan fingerprint density at radius 2 is 1.93 bits per heavy atom. The molecule has 7 heteroatoms. The predicted molar refractivity (Wildman–Crippen MR) is 109 cm³/mol. The highest BCUT2D eigenvalue weighted by Crippen LogP contribution is 2.33. The maximum atomic E-state index is 12.3. The van der Waals surface area contributed by atoms with Gasteiger partial charge in [-0.15, -0.1) is 11.3 Å². The van der Waals surface area contributed by atoms with Crippen LogP contribution < -0.4 is 14.8 Å². The number of nitrogens with one attached hydrogen (secondary N) is 1. The number of amides is 1. The van der Waals surface area contributed by atoms with E-state index in [-0.39, 0.29) is 12.3 Å². The Hall–Kier alpha value is -2.57. The van der Waals surface area contributed by atoms with Crippen molar-refractivity contribution in [1.29, 1.82) is 0 Å². The van der Waals surface area contributed by atoms with Gasteiger partial charge in [0, 0.05) is 10.9 Å². The Morgan fingerprint density at radius 3 is 2.63 bits per heavy atom. The van der Waals surface area contributed by atoms with Gasteiger partial charge in [-0.25, -0.2) is 4.98 Å². The molecule has 5 nitrogen and oxygen atoms in total. The van der Waals surface area contributed by atoms with E-state index >= 15 is 0 Å². The largest absolute Gasteiger partial charge is 0.493 e. The molecule has 0 spiro atoms. The summed E-state index contributed by atoms with van der Waals surface area (Å²) in [6.45, 7) is 1.95. The second kappa shape index (κ2) is 8.41. The van der Waals surface area contributed by atoms with Gasteiger partial charge in [0.25, 0.3) is 0 Å². The second-order valence-corrected chi connectivity index (χ2v) is 7.19. The molecule has 0 saturated carbocycles. The molecule has 1 aromatic heterocycles. The van der Waals surface area contributed by atoms with Crippen molar-refractivity contribution in [2.24, 2.45) is 0 Å². The number of carbonyl (C=O) groups is 1. The van der Waals surface area contributed by atoms with Crippen molar-refractivity contribution in [3.8, 4) is 22.1 Å². The van der Waals surface area contributed by atoms with Crippen LogP contribution in [0.1, 0.15) is 11.3 Å². The molecular formula is C20H19ClN2O3S. The Labute approximate surface area is 166 Å². The zero-order valence-electron chi connectivity index (χ0n) is 15.2. The number of hydrogen-bond donors (Lipinski definition) is 1. The standard InChI is InChI=1S/C20H19ClN2O3S/c1-12-4-6-16(15(21)8-12)23-19(24)10-14-11-27-20(22-14)13-5-7-17(25-2)18(9-13)26-3/h4-9,11H,10H2,1-3H3,(H,23,24). The molecule has 1 heterocycles. The van der Waals surface area contributed by atoms with Gasteiger partial charge < -0.3 is 14.8 Å². The van der Waals surface area contributed by atoms with Gasteiger partial charge in [0.15, 0.2) is 11.5 Å². The number of hydrogen-bond acceptors (Lipinski definition) is 5. The first kappa shape index (κ1) is 19.2. The number of nitrogens with zero attached hydrogens (tertiary/aromatic N) is 1. The molecule has 0 aliphatic heterocycles. The smallest absolute Gasteiger partial charge is 0.230 e. The maximum Gasteiger partial charge on any atom is 0.230 e. The van der Waals surface area contributed by atoms with E-state index in [1.165, 1.54) is 11.3 Å². The Bertz CT molecular complexity index is 972. The Morgan fingerprint density at radius 1 is 1.15 bits per heavy atom. The molecule has 0 aliphatic carbocycles. The number of rotatable bonds is 6. The number of aromatic nitrogens is 1. The summed E-state index contributed by atoms with van der Waals surface area (Å²) in [6, 6.07) is 11.1. The van der Waals surface area contributed by atoms with E-state index in [0.717, 1.165) is 16.1 Å². The minimum atomic E-state index is -0.162. The molecule has 0 unspecified atom stereocenters. The number of aryl methyl sites for hydroxylation is 1. The first-order valence-corrected chi connectivity index (χ1v) is 9.48. The molecule has 1 N–H and O–H groups in total. The molecule has 27 heavy (non-hydrogen) atoms. The number of halogens is 1. The molecule has 3 aromatic rings. The fraction of sp³-hybridized carbons (Fsp3) is 0.200. The zero-order chi connectivity index (χ0) is 19.4. The monoisotopic (exact) mass is 402 g/mol. The van der Waals surface area contributed by atoms with Crippen LogP contribution in [0.5, 0.6) is 11.5 Å². The number of carbonyl (C=O) groups excluding carboxylic acids is 1. The summed E-state index contributed by atoms with van der Waals surface area (Å²) in [5, 5.41) is 6.04. The minimum Gasteiger partial charge on any atom is -0.493 e. The molecule has 0 radical (unpaired) electrons. The number of ether oxygens (including phenoxy) is 2. The van der Waals surface area contributed by atoms with Gasteiger partial charge in [-0.3, -0.25) is 4.79 Å². The lowest BCUT2D eigenvalue weighted by molar-refractivity contribution is -0.115. The third-order valence-corrected chi connectivity index (χ3v) is 5.18. The van der Waals surface area contributed by atoms with Gasteiger partial charge in [-0.1, -0.05) is 17.7 Å². The second-order valence-electron chi connectivity index (χ2n) is 5.92. The van der Waals surface area contributed by atoms with Gasteiger partial charge in [-0.2, -0.15) is 0 Å². The fourth-order valence-electron chi connectivity index (χ4n) is 2.57. The van der Waals surface area contributed by atoms with Crippen LogP contribution in [-0.2, 0) is 11.2 Å². The Balaban J connectivity index is 1.71. The quantitative estimate of drug-likeness (QED) is 0.632. The lowest BCUT2D eigenvalue weighted by Gasteiger charge is -2.08. The highest BCUT2D eigenvalue weighted by atomic mass is 35.5. The highest BCUT2D eigenvalue weighted by Gasteiger charge is 2.13. The molecule has 2 aromatic carbocycles. The summed E-state index contributed by atoms with van der Waals surface area (Å²) in [5.74, 6) is 1.14. The molecule has 0 fully saturated rings. The van der Waals surface area contributed by atoms with Gasteiger partial charge in [-0.05, 0) is 42.8 Å². The van der Waals surface area contributed by atoms with Crippen LogP contribution in [0.2, 0.25) is 5.02 Å². The molecule has 0 atom stereocenters. The third kappa shape index (κ3) is 4.59. The van der Waals surface area contributed by atoms with Gasteiger partial charge in [0.1, 0.15) is 5.01 Å². The van der Waals surface area contributed by atoms with E-state index < -0.39 is 0 Å². The molecule has 140 valence electrons. The van der Waals surface area contributed by atoms with Gasteiger partial charge in [0.05, 0.1) is 37.0 Å². The summed E-state index contributed by atoms with van der Waals surface area (Å²) in [7, 11) is 3.19.